The smallest absolute Gasteiger partial charge is 0.242 e. The topological polar surface area (TPSA) is 85.3 Å². The van der Waals surface area contributed by atoms with Crippen molar-refractivity contribution in [3.05, 3.63) is 45.3 Å². The summed E-state index contributed by atoms with van der Waals surface area (Å²) in [5.74, 6) is 1.24. The Kier molecular flexibility index (Phi) is 4.67. The molecule has 3 N–H and O–H groups in total. The first-order chi connectivity index (χ1) is 9.70. The van der Waals surface area contributed by atoms with Gasteiger partial charge in [0.05, 0.1) is 15.4 Å². The molecular weight excluding hydrogens is 380 g/mol. The van der Waals surface area contributed by atoms with Crippen LogP contribution < -0.4 is 10.5 Å². The van der Waals surface area contributed by atoms with Gasteiger partial charge in [-0.25, -0.2) is 13.1 Å². The minimum absolute atomic E-state index is 0.0115. The summed E-state index contributed by atoms with van der Waals surface area (Å²) >= 11 is 9.05. The van der Waals surface area contributed by atoms with Crippen LogP contribution in [-0.4, -0.2) is 8.42 Å². The third-order valence-corrected chi connectivity index (χ3v) is 5.77. The van der Waals surface area contributed by atoms with E-state index in [-0.39, 0.29) is 20.1 Å². The van der Waals surface area contributed by atoms with Crippen LogP contribution >= 0.6 is 27.5 Å². The fraction of sp³-hybridized carbons (Fsp3) is 0.231. The number of hydrogen-bond donors (Lipinski definition) is 2. The van der Waals surface area contributed by atoms with Crippen molar-refractivity contribution in [2.45, 2.75) is 24.8 Å². The molecule has 0 aliphatic carbocycles. The van der Waals surface area contributed by atoms with E-state index < -0.39 is 16.1 Å². The largest absolute Gasteiger partial charge is 0.465 e. The van der Waals surface area contributed by atoms with Crippen LogP contribution in [0.2, 0.25) is 5.02 Å². The number of anilines is 1. The van der Waals surface area contributed by atoms with E-state index in [1.54, 1.807) is 26.0 Å². The standard InChI is InChI=1S/C13H14BrClN2O3S/c1-7-3-4-11(20-7)8(2)17-21(18,19)12-6-9(15)5-10(16)13(12)14/h3-6,8,17H,16H2,1-2H3. The molecule has 0 spiro atoms. The molecule has 1 heterocycles. The van der Waals surface area contributed by atoms with Crippen LogP contribution in [-0.2, 0) is 10.0 Å². The monoisotopic (exact) mass is 392 g/mol. The second-order valence-electron chi connectivity index (χ2n) is 4.60. The van der Waals surface area contributed by atoms with E-state index in [9.17, 15) is 8.42 Å². The molecule has 1 aromatic heterocycles. The van der Waals surface area contributed by atoms with Gasteiger partial charge in [0, 0.05) is 10.7 Å². The van der Waals surface area contributed by atoms with E-state index in [1.807, 2.05) is 0 Å². The van der Waals surface area contributed by atoms with Gasteiger partial charge in [-0.2, -0.15) is 0 Å². The molecule has 21 heavy (non-hydrogen) atoms. The summed E-state index contributed by atoms with van der Waals surface area (Å²) in [6.45, 7) is 3.48. The third kappa shape index (κ3) is 3.60. The quantitative estimate of drug-likeness (QED) is 0.777. The Morgan fingerprint density at radius 2 is 2.05 bits per heavy atom. The molecule has 1 aromatic carbocycles. The summed E-state index contributed by atoms with van der Waals surface area (Å²) in [7, 11) is -3.80. The molecular formula is C13H14BrClN2O3S. The molecule has 114 valence electrons. The van der Waals surface area contributed by atoms with Crippen LogP contribution in [0.5, 0.6) is 0 Å². The maximum atomic E-state index is 12.5. The van der Waals surface area contributed by atoms with Crippen molar-refractivity contribution >= 4 is 43.2 Å². The molecule has 1 atom stereocenters. The zero-order valence-corrected chi connectivity index (χ0v) is 14.5. The van der Waals surface area contributed by atoms with Crippen LogP contribution in [0, 0.1) is 6.92 Å². The molecule has 0 aliphatic rings. The second-order valence-corrected chi connectivity index (χ2v) is 7.51. The molecule has 0 saturated carbocycles. The van der Waals surface area contributed by atoms with Crippen molar-refractivity contribution in [2.75, 3.05) is 5.73 Å². The van der Waals surface area contributed by atoms with Gasteiger partial charge >= 0.3 is 0 Å². The molecule has 0 amide bonds. The lowest BCUT2D eigenvalue weighted by Gasteiger charge is -2.14. The number of nitrogens with two attached hydrogens (primary N) is 1. The lowest BCUT2D eigenvalue weighted by atomic mass is 10.3. The van der Waals surface area contributed by atoms with Gasteiger partial charge in [0.2, 0.25) is 10.0 Å². The summed E-state index contributed by atoms with van der Waals surface area (Å²) in [6, 6.07) is 5.79. The molecule has 0 aliphatic heterocycles. The molecule has 2 aromatic rings. The molecule has 0 saturated heterocycles. The lowest BCUT2D eigenvalue weighted by Crippen LogP contribution is -2.27. The first-order valence-corrected chi connectivity index (χ1v) is 8.69. The van der Waals surface area contributed by atoms with Gasteiger partial charge in [-0.05, 0) is 54.0 Å². The lowest BCUT2D eigenvalue weighted by molar-refractivity contribution is 0.441. The van der Waals surface area contributed by atoms with Crippen molar-refractivity contribution in [1.29, 1.82) is 0 Å². The van der Waals surface area contributed by atoms with E-state index in [0.29, 0.717) is 11.5 Å². The summed E-state index contributed by atoms with van der Waals surface area (Å²) in [5.41, 5.74) is 5.98. The number of benzene rings is 1. The summed E-state index contributed by atoms with van der Waals surface area (Å²) in [5, 5.41) is 0.248. The van der Waals surface area contributed by atoms with Crippen LogP contribution in [0.25, 0.3) is 0 Å². The summed E-state index contributed by atoms with van der Waals surface area (Å²) in [6.07, 6.45) is 0. The number of aryl methyl sites for hydroxylation is 1. The Morgan fingerprint density at radius 3 is 2.62 bits per heavy atom. The molecule has 0 fully saturated rings. The van der Waals surface area contributed by atoms with Crippen molar-refractivity contribution in [3.63, 3.8) is 0 Å². The minimum atomic E-state index is -3.80. The maximum Gasteiger partial charge on any atom is 0.242 e. The minimum Gasteiger partial charge on any atom is -0.465 e. The van der Waals surface area contributed by atoms with Gasteiger partial charge in [-0.3, -0.25) is 0 Å². The molecule has 0 radical (unpaired) electrons. The van der Waals surface area contributed by atoms with Crippen LogP contribution in [0.3, 0.4) is 0 Å². The van der Waals surface area contributed by atoms with Gasteiger partial charge in [0.1, 0.15) is 11.5 Å². The third-order valence-electron chi connectivity index (χ3n) is 2.84. The van der Waals surface area contributed by atoms with E-state index in [4.69, 9.17) is 21.8 Å². The summed E-state index contributed by atoms with van der Waals surface area (Å²) < 4.78 is 33.1. The van der Waals surface area contributed by atoms with Gasteiger partial charge in [0.15, 0.2) is 0 Å². The highest BCUT2D eigenvalue weighted by Gasteiger charge is 2.24. The SMILES string of the molecule is Cc1ccc(C(C)NS(=O)(=O)c2cc(Cl)cc(N)c2Br)o1. The number of sulfonamides is 1. The van der Waals surface area contributed by atoms with Crippen molar-refractivity contribution < 1.29 is 12.8 Å². The molecule has 2 rings (SSSR count). The highest BCUT2D eigenvalue weighted by molar-refractivity contribution is 9.10. The highest BCUT2D eigenvalue weighted by atomic mass is 79.9. The molecule has 5 nitrogen and oxygen atoms in total. The van der Waals surface area contributed by atoms with E-state index >= 15 is 0 Å². The zero-order valence-electron chi connectivity index (χ0n) is 11.4. The van der Waals surface area contributed by atoms with Gasteiger partial charge in [-0.1, -0.05) is 11.6 Å². The fourth-order valence-electron chi connectivity index (χ4n) is 1.82. The van der Waals surface area contributed by atoms with E-state index in [0.717, 1.165) is 0 Å². The average molecular weight is 394 g/mol. The second kappa shape index (κ2) is 6.00. The van der Waals surface area contributed by atoms with Crippen molar-refractivity contribution in [3.8, 4) is 0 Å². The van der Waals surface area contributed by atoms with Crippen LogP contribution in [0.15, 0.2) is 38.1 Å². The zero-order chi connectivity index (χ0) is 15.8. The first-order valence-electron chi connectivity index (χ1n) is 6.04. The average Bonchev–Trinajstić information content (AvgIpc) is 2.80. The Balaban J connectivity index is 2.35. The van der Waals surface area contributed by atoms with Crippen LogP contribution in [0.4, 0.5) is 5.69 Å². The van der Waals surface area contributed by atoms with E-state index in [2.05, 4.69) is 20.7 Å². The van der Waals surface area contributed by atoms with Crippen molar-refractivity contribution in [2.24, 2.45) is 0 Å². The van der Waals surface area contributed by atoms with Crippen molar-refractivity contribution in [1.82, 2.24) is 4.72 Å². The predicted octanol–water partition coefficient (Wildman–Crippen LogP) is 3.63. The number of halogens is 2. The molecule has 0 bridgehead atoms. The highest BCUT2D eigenvalue weighted by Crippen LogP contribution is 2.32. The Labute approximate surface area is 136 Å². The Bertz CT molecular complexity index is 774. The Hall–Kier alpha value is -1.02. The maximum absolute atomic E-state index is 12.5. The number of nitrogens with one attached hydrogen (secondary N) is 1. The van der Waals surface area contributed by atoms with Gasteiger partial charge in [0.25, 0.3) is 0 Å². The number of rotatable bonds is 4. The Morgan fingerprint density at radius 1 is 1.38 bits per heavy atom. The number of furan rings is 1. The number of hydrogen-bond acceptors (Lipinski definition) is 4. The van der Waals surface area contributed by atoms with E-state index in [1.165, 1.54) is 12.1 Å². The predicted molar refractivity (Wildman–Crippen MR) is 85.7 cm³/mol. The first kappa shape index (κ1) is 16.4. The summed E-state index contributed by atoms with van der Waals surface area (Å²) in [4.78, 5) is -0.0115. The normalized spacial score (nSPS) is 13.3. The van der Waals surface area contributed by atoms with Gasteiger partial charge in [-0.15, -0.1) is 0 Å². The van der Waals surface area contributed by atoms with Gasteiger partial charge < -0.3 is 10.2 Å². The molecule has 1 unspecified atom stereocenters. The number of nitrogen functional groups attached to an aromatic ring is 1. The fourth-order valence-corrected chi connectivity index (χ4v) is 4.32. The van der Waals surface area contributed by atoms with Crippen LogP contribution in [0.1, 0.15) is 24.5 Å². The molecule has 8 heteroatoms.